The first-order valence-corrected chi connectivity index (χ1v) is 5.68. The van der Waals surface area contributed by atoms with Gasteiger partial charge in [0.1, 0.15) is 5.75 Å². The van der Waals surface area contributed by atoms with E-state index < -0.39 is 0 Å². The highest BCUT2D eigenvalue weighted by molar-refractivity contribution is 6.30. The lowest BCUT2D eigenvalue weighted by atomic mass is 10.2. The number of rotatable bonds is 3. The molecule has 0 radical (unpaired) electrons. The number of benzene rings is 1. The third-order valence-corrected chi connectivity index (χ3v) is 2.54. The summed E-state index contributed by atoms with van der Waals surface area (Å²) >= 11 is 5.86. The van der Waals surface area contributed by atoms with E-state index in [0.717, 1.165) is 5.56 Å². The van der Waals surface area contributed by atoms with E-state index in [1.807, 2.05) is 25.1 Å². The minimum absolute atomic E-state index is 0.0253. The molecule has 0 aliphatic carbocycles. The molecule has 2 aromatic rings. The molecule has 0 saturated heterocycles. The Bertz CT molecular complexity index is 497. The molecule has 88 valence electrons. The fourth-order valence-electron chi connectivity index (χ4n) is 1.37. The second-order valence-electron chi connectivity index (χ2n) is 3.78. The zero-order valence-corrected chi connectivity index (χ0v) is 10.2. The van der Waals surface area contributed by atoms with Crippen LogP contribution >= 0.6 is 11.6 Å². The van der Waals surface area contributed by atoms with Crippen LogP contribution in [-0.4, -0.2) is 4.98 Å². The number of hydrogen-bond acceptors (Lipinski definition) is 3. The second kappa shape index (κ2) is 5.17. The van der Waals surface area contributed by atoms with Crippen molar-refractivity contribution >= 4 is 11.6 Å². The van der Waals surface area contributed by atoms with E-state index >= 15 is 0 Å². The van der Waals surface area contributed by atoms with Crippen LogP contribution in [0, 0.1) is 0 Å². The smallest absolute Gasteiger partial charge is 0.219 e. The van der Waals surface area contributed by atoms with E-state index in [4.69, 9.17) is 22.1 Å². The summed E-state index contributed by atoms with van der Waals surface area (Å²) in [5.74, 6) is 1.19. The molecule has 0 spiro atoms. The van der Waals surface area contributed by atoms with Crippen LogP contribution in [0.4, 0.5) is 0 Å². The van der Waals surface area contributed by atoms with E-state index in [2.05, 4.69) is 4.98 Å². The predicted molar refractivity (Wildman–Crippen MR) is 68.4 cm³/mol. The van der Waals surface area contributed by atoms with Gasteiger partial charge in [-0.05, 0) is 30.7 Å². The minimum Gasteiger partial charge on any atom is -0.439 e. The van der Waals surface area contributed by atoms with Gasteiger partial charge in [0.2, 0.25) is 5.88 Å². The highest BCUT2D eigenvalue weighted by Crippen LogP contribution is 2.23. The molecule has 1 atom stereocenters. The lowest BCUT2D eigenvalue weighted by Gasteiger charge is -2.07. The molecule has 1 unspecified atom stereocenters. The standard InChI is InChI=1S/C13H13ClN2O/c1-9(15)10-5-6-13(16-8-10)17-12-4-2-3-11(14)7-12/h2-9H,15H2,1H3. The van der Waals surface area contributed by atoms with Gasteiger partial charge in [0, 0.05) is 23.3 Å². The summed E-state index contributed by atoms with van der Waals surface area (Å²) in [6.07, 6.45) is 1.71. The normalized spacial score (nSPS) is 12.2. The Morgan fingerprint density at radius 1 is 1.29 bits per heavy atom. The Hall–Kier alpha value is -1.58. The van der Waals surface area contributed by atoms with Crippen LogP contribution in [0.3, 0.4) is 0 Å². The van der Waals surface area contributed by atoms with E-state index in [1.54, 1.807) is 24.4 Å². The number of ether oxygens (including phenoxy) is 1. The summed E-state index contributed by atoms with van der Waals surface area (Å²) in [6, 6.07) is 10.9. The Kier molecular flexibility index (Phi) is 3.61. The van der Waals surface area contributed by atoms with Crippen molar-refractivity contribution in [2.75, 3.05) is 0 Å². The molecular formula is C13H13ClN2O. The first-order chi connectivity index (χ1) is 8.15. The molecular weight excluding hydrogens is 236 g/mol. The van der Waals surface area contributed by atoms with Crippen molar-refractivity contribution in [2.24, 2.45) is 5.73 Å². The highest BCUT2D eigenvalue weighted by atomic mass is 35.5. The summed E-state index contributed by atoms with van der Waals surface area (Å²) in [7, 11) is 0. The highest BCUT2D eigenvalue weighted by Gasteiger charge is 2.02. The molecule has 1 aromatic carbocycles. The van der Waals surface area contributed by atoms with Crippen LogP contribution in [0.25, 0.3) is 0 Å². The molecule has 2 N–H and O–H groups in total. The van der Waals surface area contributed by atoms with Crippen molar-refractivity contribution in [2.45, 2.75) is 13.0 Å². The molecule has 0 bridgehead atoms. The third kappa shape index (κ3) is 3.19. The van der Waals surface area contributed by atoms with Crippen molar-refractivity contribution in [1.82, 2.24) is 4.98 Å². The largest absolute Gasteiger partial charge is 0.439 e. The van der Waals surface area contributed by atoms with Crippen LogP contribution in [0.5, 0.6) is 11.6 Å². The molecule has 0 aliphatic heterocycles. The summed E-state index contributed by atoms with van der Waals surface area (Å²) in [4.78, 5) is 4.18. The van der Waals surface area contributed by atoms with Gasteiger partial charge in [0.05, 0.1) is 0 Å². The minimum atomic E-state index is -0.0253. The van der Waals surface area contributed by atoms with Crippen LogP contribution in [0.15, 0.2) is 42.6 Å². The van der Waals surface area contributed by atoms with Crippen LogP contribution in [-0.2, 0) is 0 Å². The Labute approximate surface area is 105 Å². The maximum atomic E-state index is 5.86. The summed E-state index contributed by atoms with van der Waals surface area (Å²) < 4.78 is 5.56. The number of nitrogens with two attached hydrogens (primary N) is 1. The average molecular weight is 249 g/mol. The molecule has 0 fully saturated rings. The topological polar surface area (TPSA) is 48.1 Å². The number of nitrogens with zero attached hydrogens (tertiary/aromatic N) is 1. The molecule has 4 heteroatoms. The summed E-state index contributed by atoms with van der Waals surface area (Å²) in [6.45, 7) is 1.91. The number of pyridine rings is 1. The van der Waals surface area contributed by atoms with Crippen LogP contribution in [0.1, 0.15) is 18.5 Å². The lowest BCUT2D eigenvalue weighted by Crippen LogP contribution is -2.05. The first kappa shape index (κ1) is 11.9. The monoisotopic (exact) mass is 248 g/mol. The molecule has 0 amide bonds. The van der Waals surface area contributed by atoms with Crippen molar-refractivity contribution in [3.8, 4) is 11.6 Å². The predicted octanol–water partition coefficient (Wildman–Crippen LogP) is 3.55. The molecule has 2 rings (SSSR count). The zero-order valence-electron chi connectivity index (χ0n) is 9.43. The third-order valence-electron chi connectivity index (χ3n) is 2.30. The molecule has 3 nitrogen and oxygen atoms in total. The quantitative estimate of drug-likeness (QED) is 0.904. The summed E-state index contributed by atoms with van der Waals surface area (Å²) in [5.41, 5.74) is 6.71. The fraction of sp³-hybridized carbons (Fsp3) is 0.154. The van der Waals surface area contributed by atoms with E-state index in [0.29, 0.717) is 16.7 Å². The fourth-order valence-corrected chi connectivity index (χ4v) is 1.55. The molecule has 0 aliphatic rings. The molecule has 1 heterocycles. The number of halogens is 1. The Morgan fingerprint density at radius 2 is 2.12 bits per heavy atom. The van der Waals surface area contributed by atoms with E-state index in [-0.39, 0.29) is 6.04 Å². The van der Waals surface area contributed by atoms with Gasteiger partial charge in [-0.25, -0.2) is 4.98 Å². The van der Waals surface area contributed by atoms with E-state index in [9.17, 15) is 0 Å². The first-order valence-electron chi connectivity index (χ1n) is 5.30. The van der Waals surface area contributed by atoms with Crippen LogP contribution in [0.2, 0.25) is 5.02 Å². The lowest BCUT2D eigenvalue weighted by molar-refractivity contribution is 0.462. The van der Waals surface area contributed by atoms with Gasteiger partial charge in [-0.2, -0.15) is 0 Å². The van der Waals surface area contributed by atoms with Crippen molar-refractivity contribution < 1.29 is 4.74 Å². The molecule has 1 aromatic heterocycles. The van der Waals surface area contributed by atoms with Gasteiger partial charge in [0.25, 0.3) is 0 Å². The zero-order chi connectivity index (χ0) is 12.3. The van der Waals surface area contributed by atoms with Crippen LogP contribution < -0.4 is 10.5 Å². The SMILES string of the molecule is CC(N)c1ccc(Oc2cccc(Cl)c2)nc1. The van der Waals surface area contributed by atoms with Gasteiger partial charge in [-0.1, -0.05) is 23.7 Å². The van der Waals surface area contributed by atoms with Gasteiger partial charge >= 0.3 is 0 Å². The van der Waals surface area contributed by atoms with Crippen molar-refractivity contribution in [1.29, 1.82) is 0 Å². The van der Waals surface area contributed by atoms with Gasteiger partial charge in [-0.3, -0.25) is 0 Å². The maximum absolute atomic E-state index is 5.86. The number of hydrogen-bond donors (Lipinski definition) is 1. The number of aromatic nitrogens is 1. The Balaban J connectivity index is 2.14. The molecule has 17 heavy (non-hydrogen) atoms. The molecule has 0 saturated carbocycles. The second-order valence-corrected chi connectivity index (χ2v) is 4.21. The summed E-state index contributed by atoms with van der Waals surface area (Å²) in [5, 5.41) is 0.634. The van der Waals surface area contributed by atoms with E-state index in [1.165, 1.54) is 0 Å². The maximum Gasteiger partial charge on any atom is 0.219 e. The van der Waals surface area contributed by atoms with Gasteiger partial charge < -0.3 is 10.5 Å². The van der Waals surface area contributed by atoms with Gasteiger partial charge in [0.15, 0.2) is 0 Å². The van der Waals surface area contributed by atoms with Gasteiger partial charge in [-0.15, -0.1) is 0 Å². The Morgan fingerprint density at radius 3 is 2.71 bits per heavy atom. The average Bonchev–Trinajstić information content (AvgIpc) is 2.29. The van der Waals surface area contributed by atoms with Crippen molar-refractivity contribution in [3.63, 3.8) is 0 Å². The van der Waals surface area contributed by atoms with Crippen molar-refractivity contribution in [3.05, 3.63) is 53.2 Å².